The second-order valence-electron chi connectivity index (χ2n) is 3.03. The minimum atomic E-state index is -0.848. The Morgan fingerprint density at radius 3 is 2.55 bits per heavy atom. The summed E-state index contributed by atoms with van der Waals surface area (Å²) < 4.78 is 0. The minimum Gasteiger partial charge on any atom is -0.386 e. The van der Waals surface area contributed by atoms with Crippen molar-refractivity contribution >= 4 is 0 Å². The lowest BCUT2D eigenvalue weighted by atomic mass is 9.98. The molecule has 11 heavy (non-hydrogen) atoms. The first kappa shape index (κ1) is 7.94. The largest absolute Gasteiger partial charge is 0.386 e. The van der Waals surface area contributed by atoms with Crippen molar-refractivity contribution in [2.24, 2.45) is 5.73 Å². The molecular formula is C7H13N3O. The lowest BCUT2D eigenvalue weighted by Crippen LogP contribution is -2.37. The van der Waals surface area contributed by atoms with Crippen molar-refractivity contribution in [1.29, 1.82) is 0 Å². The molecule has 0 aliphatic carbocycles. The van der Waals surface area contributed by atoms with E-state index in [0.29, 0.717) is 5.82 Å². The van der Waals surface area contributed by atoms with Crippen LogP contribution in [0, 0.1) is 0 Å². The molecule has 0 unspecified atom stereocenters. The van der Waals surface area contributed by atoms with E-state index in [2.05, 4.69) is 10.9 Å². The van der Waals surface area contributed by atoms with Crippen LogP contribution < -0.4 is 16.6 Å². The zero-order valence-corrected chi connectivity index (χ0v) is 6.68. The summed E-state index contributed by atoms with van der Waals surface area (Å²) in [6.45, 7) is 3.41. The molecule has 1 aliphatic heterocycles. The molecule has 0 aromatic heterocycles. The van der Waals surface area contributed by atoms with Gasteiger partial charge >= 0.3 is 0 Å². The van der Waals surface area contributed by atoms with E-state index in [9.17, 15) is 5.11 Å². The highest BCUT2D eigenvalue weighted by molar-refractivity contribution is 5.30. The zero-order chi connectivity index (χ0) is 8.48. The van der Waals surface area contributed by atoms with E-state index in [1.54, 1.807) is 26.1 Å². The Bertz CT molecular complexity index is 212. The monoisotopic (exact) mass is 155 g/mol. The van der Waals surface area contributed by atoms with Crippen molar-refractivity contribution in [3.63, 3.8) is 0 Å². The van der Waals surface area contributed by atoms with Crippen LogP contribution in [0.3, 0.4) is 0 Å². The second-order valence-corrected chi connectivity index (χ2v) is 3.03. The van der Waals surface area contributed by atoms with Gasteiger partial charge in [0.2, 0.25) is 0 Å². The van der Waals surface area contributed by atoms with Crippen LogP contribution in [-0.4, -0.2) is 10.7 Å². The fourth-order valence-corrected chi connectivity index (χ4v) is 0.796. The van der Waals surface area contributed by atoms with Crippen LogP contribution in [0.1, 0.15) is 13.8 Å². The van der Waals surface area contributed by atoms with Crippen molar-refractivity contribution in [3.8, 4) is 0 Å². The Balaban J connectivity index is 2.82. The molecule has 0 bridgehead atoms. The van der Waals surface area contributed by atoms with Crippen LogP contribution in [0.2, 0.25) is 0 Å². The number of rotatable bonds is 1. The van der Waals surface area contributed by atoms with Gasteiger partial charge in [0.05, 0.1) is 5.60 Å². The predicted octanol–water partition coefficient (Wildman–Crippen LogP) is -0.451. The Morgan fingerprint density at radius 2 is 2.18 bits per heavy atom. The van der Waals surface area contributed by atoms with E-state index >= 15 is 0 Å². The fraction of sp³-hybridized carbons (Fsp3) is 0.429. The van der Waals surface area contributed by atoms with Crippen LogP contribution in [0.15, 0.2) is 23.7 Å². The van der Waals surface area contributed by atoms with Gasteiger partial charge in [-0.2, -0.15) is 0 Å². The Kier molecular flexibility index (Phi) is 1.78. The first-order valence-corrected chi connectivity index (χ1v) is 3.42. The van der Waals surface area contributed by atoms with Gasteiger partial charge in [0.15, 0.2) is 0 Å². The number of nitrogens with one attached hydrogen (secondary N) is 2. The van der Waals surface area contributed by atoms with Crippen molar-refractivity contribution in [1.82, 2.24) is 10.9 Å². The molecule has 4 nitrogen and oxygen atoms in total. The third-order valence-corrected chi connectivity index (χ3v) is 1.46. The number of aliphatic hydroxyl groups is 1. The zero-order valence-electron chi connectivity index (χ0n) is 6.68. The molecule has 0 radical (unpaired) electrons. The van der Waals surface area contributed by atoms with Crippen molar-refractivity contribution in [3.05, 3.63) is 23.7 Å². The Morgan fingerprint density at radius 1 is 1.55 bits per heavy atom. The van der Waals surface area contributed by atoms with Gasteiger partial charge in [0.1, 0.15) is 5.82 Å². The standard InChI is InChI=1S/C7H13N3O/c1-7(2,11)5-3-6(8)10-9-4-5/h3-4,9-11H,8H2,1-2H3. The predicted molar refractivity (Wildman–Crippen MR) is 42.9 cm³/mol. The average molecular weight is 155 g/mol. The van der Waals surface area contributed by atoms with Gasteiger partial charge in [-0.1, -0.05) is 0 Å². The van der Waals surface area contributed by atoms with Crippen molar-refractivity contribution in [2.75, 3.05) is 0 Å². The van der Waals surface area contributed by atoms with E-state index in [1.807, 2.05) is 0 Å². The third-order valence-electron chi connectivity index (χ3n) is 1.46. The second kappa shape index (κ2) is 2.47. The molecule has 0 saturated heterocycles. The van der Waals surface area contributed by atoms with Gasteiger partial charge in [-0.05, 0) is 19.9 Å². The molecule has 0 amide bonds. The molecule has 62 valence electrons. The quantitative estimate of drug-likeness (QED) is 0.414. The summed E-state index contributed by atoms with van der Waals surface area (Å²) >= 11 is 0. The smallest absolute Gasteiger partial charge is 0.115 e. The van der Waals surface area contributed by atoms with Crippen LogP contribution in [-0.2, 0) is 0 Å². The molecule has 0 atom stereocenters. The molecule has 1 rings (SSSR count). The molecular weight excluding hydrogens is 142 g/mol. The van der Waals surface area contributed by atoms with E-state index in [-0.39, 0.29) is 0 Å². The highest BCUT2D eigenvalue weighted by Crippen LogP contribution is 2.17. The maximum absolute atomic E-state index is 9.52. The highest BCUT2D eigenvalue weighted by Gasteiger charge is 2.19. The SMILES string of the molecule is CC(C)(O)C1=CNNC(N)=C1. The van der Waals surface area contributed by atoms with Gasteiger partial charge in [-0.15, -0.1) is 0 Å². The van der Waals surface area contributed by atoms with E-state index in [1.165, 1.54) is 0 Å². The van der Waals surface area contributed by atoms with Gasteiger partial charge in [0, 0.05) is 11.8 Å². The molecule has 0 aromatic rings. The maximum atomic E-state index is 9.52. The third kappa shape index (κ3) is 1.88. The van der Waals surface area contributed by atoms with E-state index in [4.69, 9.17) is 5.73 Å². The molecule has 4 heteroatoms. The summed E-state index contributed by atoms with van der Waals surface area (Å²) in [7, 11) is 0. The summed E-state index contributed by atoms with van der Waals surface area (Å²) in [4.78, 5) is 0. The number of hydrogen-bond acceptors (Lipinski definition) is 4. The van der Waals surface area contributed by atoms with E-state index < -0.39 is 5.60 Å². The molecule has 0 spiro atoms. The normalized spacial score (nSPS) is 17.7. The van der Waals surface area contributed by atoms with Crippen LogP contribution in [0.4, 0.5) is 0 Å². The number of nitrogens with two attached hydrogens (primary N) is 1. The Hall–Kier alpha value is -1.16. The maximum Gasteiger partial charge on any atom is 0.115 e. The van der Waals surface area contributed by atoms with Gasteiger partial charge < -0.3 is 16.3 Å². The van der Waals surface area contributed by atoms with Crippen molar-refractivity contribution < 1.29 is 5.11 Å². The van der Waals surface area contributed by atoms with Gasteiger partial charge in [0.25, 0.3) is 0 Å². The van der Waals surface area contributed by atoms with E-state index in [0.717, 1.165) is 5.57 Å². The van der Waals surface area contributed by atoms with Crippen LogP contribution in [0.5, 0.6) is 0 Å². The van der Waals surface area contributed by atoms with Crippen LogP contribution >= 0.6 is 0 Å². The summed E-state index contributed by atoms with van der Waals surface area (Å²) in [5, 5.41) is 9.52. The number of hydrogen-bond donors (Lipinski definition) is 4. The lowest BCUT2D eigenvalue weighted by molar-refractivity contribution is 0.122. The summed E-state index contributed by atoms with van der Waals surface area (Å²) in [6.07, 6.45) is 3.37. The summed E-state index contributed by atoms with van der Waals surface area (Å²) in [6, 6.07) is 0. The molecule has 0 saturated carbocycles. The lowest BCUT2D eigenvalue weighted by Gasteiger charge is -2.23. The Labute approximate surface area is 65.7 Å². The summed E-state index contributed by atoms with van der Waals surface area (Å²) in [5.74, 6) is 0.504. The molecule has 0 fully saturated rings. The van der Waals surface area contributed by atoms with Crippen molar-refractivity contribution in [2.45, 2.75) is 19.4 Å². The first-order chi connectivity index (χ1) is 5.00. The summed E-state index contributed by atoms with van der Waals surface area (Å²) in [5.41, 5.74) is 10.8. The molecule has 1 aliphatic rings. The molecule has 0 aromatic carbocycles. The van der Waals surface area contributed by atoms with Gasteiger partial charge in [-0.3, -0.25) is 5.43 Å². The average Bonchev–Trinajstić information content (AvgIpc) is 1.86. The topological polar surface area (TPSA) is 70.3 Å². The minimum absolute atomic E-state index is 0.504. The first-order valence-electron chi connectivity index (χ1n) is 3.42. The highest BCUT2D eigenvalue weighted by atomic mass is 16.3. The fourth-order valence-electron chi connectivity index (χ4n) is 0.796. The molecule has 5 N–H and O–H groups in total. The van der Waals surface area contributed by atoms with Gasteiger partial charge in [-0.25, -0.2) is 0 Å². The number of hydrazine groups is 1. The molecule has 1 heterocycles. The van der Waals surface area contributed by atoms with Crippen LogP contribution in [0.25, 0.3) is 0 Å².